The molecule has 2 aromatic carbocycles. The van der Waals surface area contributed by atoms with Gasteiger partial charge in [0.15, 0.2) is 0 Å². The van der Waals surface area contributed by atoms with Gasteiger partial charge in [-0.1, -0.05) is 66.7 Å². The summed E-state index contributed by atoms with van der Waals surface area (Å²) in [4.78, 5) is 14.7. The first-order valence-corrected chi connectivity index (χ1v) is 9.96. The van der Waals surface area contributed by atoms with Crippen LogP contribution < -0.4 is 0 Å². The zero-order valence-corrected chi connectivity index (χ0v) is 16.4. The third-order valence-electron chi connectivity index (χ3n) is 4.11. The first kappa shape index (κ1) is 19.1. The van der Waals surface area contributed by atoms with E-state index in [1.165, 1.54) is 17.3 Å². The molecule has 1 aromatic heterocycles. The van der Waals surface area contributed by atoms with Gasteiger partial charge in [-0.3, -0.25) is 4.79 Å². The van der Waals surface area contributed by atoms with Gasteiger partial charge < -0.3 is 4.90 Å². The van der Waals surface area contributed by atoms with Crippen molar-refractivity contribution < 1.29 is 4.79 Å². The van der Waals surface area contributed by atoms with Crippen LogP contribution in [0.3, 0.4) is 0 Å². The lowest BCUT2D eigenvalue weighted by molar-refractivity contribution is -0.129. The highest BCUT2D eigenvalue weighted by molar-refractivity contribution is 7.99. The van der Waals surface area contributed by atoms with Crippen LogP contribution in [-0.2, 0) is 11.3 Å². The maximum Gasteiger partial charge on any atom is 0.233 e. The minimum atomic E-state index is 0.0880. The summed E-state index contributed by atoms with van der Waals surface area (Å²) < 4.78 is 1.65. The van der Waals surface area contributed by atoms with Crippen LogP contribution in [0.15, 0.2) is 59.8 Å². The van der Waals surface area contributed by atoms with Crippen molar-refractivity contribution in [3.63, 3.8) is 0 Å². The molecule has 0 saturated heterocycles. The SMILES string of the molecule is CCCN(Cc1ccc(C)cc1)C(=O)CSc1nnnn1-c1ccccc1. The second-order valence-electron chi connectivity index (χ2n) is 6.30. The second kappa shape index (κ2) is 9.32. The van der Waals surface area contributed by atoms with E-state index in [0.717, 1.165) is 24.2 Å². The van der Waals surface area contributed by atoms with Crippen LogP contribution in [0.2, 0.25) is 0 Å². The highest BCUT2D eigenvalue weighted by Gasteiger charge is 2.16. The number of hydrogen-bond donors (Lipinski definition) is 0. The number of aromatic nitrogens is 4. The van der Waals surface area contributed by atoms with Gasteiger partial charge in [-0.2, -0.15) is 4.68 Å². The molecule has 1 amide bonds. The first-order chi connectivity index (χ1) is 13.2. The lowest BCUT2D eigenvalue weighted by Crippen LogP contribution is -2.32. The quantitative estimate of drug-likeness (QED) is 0.559. The number of aryl methyl sites for hydroxylation is 1. The molecule has 0 aliphatic carbocycles. The smallest absolute Gasteiger partial charge is 0.233 e. The van der Waals surface area contributed by atoms with Gasteiger partial charge in [0.25, 0.3) is 0 Å². The minimum absolute atomic E-state index is 0.0880. The lowest BCUT2D eigenvalue weighted by Gasteiger charge is -2.22. The minimum Gasteiger partial charge on any atom is -0.338 e. The summed E-state index contributed by atoms with van der Waals surface area (Å²) in [6.07, 6.45) is 0.921. The molecule has 0 atom stereocenters. The Labute approximate surface area is 163 Å². The molecule has 1 heterocycles. The molecule has 0 saturated carbocycles. The Hall–Kier alpha value is -2.67. The molecule has 3 rings (SSSR count). The predicted octanol–water partition coefficient (Wildman–Crippen LogP) is 3.50. The average molecular weight is 382 g/mol. The molecule has 0 radical (unpaired) electrons. The molecule has 140 valence electrons. The Balaban J connectivity index is 1.65. The van der Waals surface area contributed by atoms with Crippen molar-refractivity contribution in [2.24, 2.45) is 0 Å². The van der Waals surface area contributed by atoms with Crippen LogP contribution in [0, 0.1) is 6.92 Å². The number of para-hydroxylation sites is 1. The third-order valence-corrected chi connectivity index (χ3v) is 5.01. The number of thioether (sulfide) groups is 1. The number of hydrogen-bond acceptors (Lipinski definition) is 5. The van der Waals surface area contributed by atoms with E-state index in [4.69, 9.17) is 0 Å². The summed E-state index contributed by atoms with van der Waals surface area (Å²) in [6.45, 7) is 5.50. The van der Waals surface area contributed by atoms with Gasteiger partial charge in [-0.05, 0) is 41.5 Å². The van der Waals surface area contributed by atoms with Crippen molar-refractivity contribution in [1.82, 2.24) is 25.1 Å². The zero-order chi connectivity index (χ0) is 19.1. The van der Waals surface area contributed by atoms with Crippen LogP contribution in [-0.4, -0.2) is 43.3 Å². The average Bonchev–Trinajstić information content (AvgIpc) is 3.17. The van der Waals surface area contributed by atoms with E-state index >= 15 is 0 Å². The van der Waals surface area contributed by atoms with Crippen molar-refractivity contribution in [2.45, 2.75) is 32.0 Å². The maximum atomic E-state index is 12.8. The van der Waals surface area contributed by atoms with Crippen molar-refractivity contribution in [1.29, 1.82) is 0 Å². The van der Waals surface area contributed by atoms with Gasteiger partial charge in [0, 0.05) is 13.1 Å². The highest BCUT2D eigenvalue weighted by Crippen LogP contribution is 2.19. The summed E-state index contributed by atoms with van der Waals surface area (Å²) in [5, 5.41) is 12.5. The number of carbonyl (C=O) groups excluding carboxylic acids is 1. The Morgan fingerprint density at radius 3 is 2.56 bits per heavy atom. The number of rotatable bonds is 8. The normalized spacial score (nSPS) is 10.7. The van der Waals surface area contributed by atoms with E-state index < -0.39 is 0 Å². The Kier molecular flexibility index (Phi) is 6.59. The van der Waals surface area contributed by atoms with E-state index in [1.807, 2.05) is 35.2 Å². The zero-order valence-electron chi connectivity index (χ0n) is 15.6. The maximum absolute atomic E-state index is 12.8. The summed E-state index contributed by atoms with van der Waals surface area (Å²) in [6, 6.07) is 18.0. The van der Waals surface area contributed by atoms with Gasteiger partial charge >= 0.3 is 0 Å². The number of amides is 1. The van der Waals surface area contributed by atoms with E-state index in [-0.39, 0.29) is 5.91 Å². The fourth-order valence-corrected chi connectivity index (χ4v) is 3.49. The molecule has 0 aliphatic rings. The van der Waals surface area contributed by atoms with E-state index in [2.05, 4.69) is 53.6 Å². The number of tetrazole rings is 1. The lowest BCUT2D eigenvalue weighted by atomic mass is 10.1. The summed E-state index contributed by atoms with van der Waals surface area (Å²) >= 11 is 1.36. The molecule has 3 aromatic rings. The summed E-state index contributed by atoms with van der Waals surface area (Å²) in [5.74, 6) is 0.393. The summed E-state index contributed by atoms with van der Waals surface area (Å²) in [5.41, 5.74) is 3.24. The first-order valence-electron chi connectivity index (χ1n) is 8.97. The topological polar surface area (TPSA) is 63.9 Å². The molecule has 0 aliphatic heterocycles. The van der Waals surface area contributed by atoms with Crippen LogP contribution in [0.25, 0.3) is 5.69 Å². The Morgan fingerprint density at radius 1 is 1.11 bits per heavy atom. The Morgan fingerprint density at radius 2 is 1.85 bits per heavy atom. The fourth-order valence-electron chi connectivity index (χ4n) is 2.69. The van der Waals surface area contributed by atoms with Crippen molar-refractivity contribution in [2.75, 3.05) is 12.3 Å². The third kappa shape index (κ3) is 5.17. The van der Waals surface area contributed by atoms with Crippen molar-refractivity contribution in [3.8, 4) is 5.69 Å². The van der Waals surface area contributed by atoms with Gasteiger partial charge in [0.1, 0.15) is 0 Å². The molecular weight excluding hydrogens is 358 g/mol. The van der Waals surface area contributed by atoms with Crippen LogP contribution >= 0.6 is 11.8 Å². The Bertz CT molecular complexity index is 864. The van der Waals surface area contributed by atoms with Crippen molar-refractivity contribution >= 4 is 17.7 Å². The highest BCUT2D eigenvalue weighted by atomic mass is 32.2. The number of benzene rings is 2. The summed E-state index contributed by atoms with van der Waals surface area (Å²) in [7, 11) is 0. The molecule has 0 spiro atoms. The number of nitrogens with zero attached hydrogens (tertiary/aromatic N) is 5. The van der Waals surface area contributed by atoms with Gasteiger partial charge in [-0.15, -0.1) is 5.10 Å². The van der Waals surface area contributed by atoms with Crippen molar-refractivity contribution in [3.05, 3.63) is 65.7 Å². The molecule has 0 bridgehead atoms. The molecule has 7 heteroatoms. The molecule has 0 unspecified atom stereocenters. The predicted molar refractivity (Wildman–Crippen MR) is 107 cm³/mol. The van der Waals surface area contributed by atoms with E-state index in [1.54, 1.807) is 4.68 Å². The van der Waals surface area contributed by atoms with E-state index in [9.17, 15) is 4.79 Å². The van der Waals surface area contributed by atoms with Crippen LogP contribution in [0.5, 0.6) is 0 Å². The molecule has 0 N–H and O–H groups in total. The van der Waals surface area contributed by atoms with Gasteiger partial charge in [0.2, 0.25) is 11.1 Å². The largest absolute Gasteiger partial charge is 0.338 e. The molecular formula is C20H23N5OS. The van der Waals surface area contributed by atoms with Gasteiger partial charge in [-0.25, -0.2) is 0 Å². The van der Waals surface area contributed by atoms with Gasteiger partial charge in [0.05, 0.1) is 11.4 Å². The molecule has 6 nitrogen and oxygen atoms in total. The standard InChI is InChI=1S/C20H23N5OS/c1-3-13-24(14-17-11-9-16(2)10-12-17)19(26)15-27-20-21-22-23-25(20)18-7-5-4-6-8-18/h4-12H,3,13-15H2,1-2H3. The fraction of sp³-hybridized carbons (Fsp3) is 0.300. The van der Waals surface area contributed by atoms with Crippen LogP contribution in [0.1, 0.15) is 24.5 Å². The number of carbonyl (C=O) groups is 1. The monoisotopic (exact) mass is 381 g/mol. The molecule has 27 heavy (non-hydrogen) atoms. The van der Waals surface area contributed by atoms with E-state index in [0.29, 0.717) is 17.5 Å². The molecule has 0 fully saturated rings. The van der Waals surface area contributed by atoms with Crippen LogP contribution in [0.4, 0.5) is 0 Å². The second-order valence-corrected chi connectivity index (χ2v) is 7.24.